The van der Waals surface area contributed by atoms with Gasteiger partial charge in [0.25, 0.3) is 0 Å². The van der Waals surface area contributed by atoms with Crippen molar-refractivity contribution in [2.45, 2.75) is 6.42 Å². The molecule has 2 aliphatic rings. The molecule has 54 valence electrons. The van der Waals surface area contributed by atoms with Gasteiger partial charge in [0, 0.05) is 0 Å². The molecule has 0 heterocycles. The maximum Gasteiger partial charge on any atom is -0.0157 e. The maximum absolute atomic E-state index is 2.25. The van der Waals surface area contributed by atoms with Gasteiger partial charge in [-0.25, -0.2) is 0 Å². The van der Waals surface area contributed by atoms with E-state index in [2.05, 4.69) is 48.6 Å². The summed E-state index contributed by atoms with van der Waals surface area (Å²) in [6.07, 6.45) is 18.1. The summed E-state index contributed by atoms with van der Waals surface area (Å²) in [7, 11) is 0. The Labute approximate surface area is 66.9 Å². The lowest BCUT2D eigenvalue weighted by molar-refractivity contribution is 1.35. The lowest BCUT2D eigenvalue weighted by atomic mass is 9.98. The molecule has 2 aliphatic carbocycles. The van der Waals surface area contributed by atoms with Gasteiger partial charge in [-0.05, 0) is 17.6 Å². The van der Waals surface area contributed by atoms with E-state index >= 15 is 0 Å². The smallest absolute Gasteiger partial charge is 0.0157 e. The van der Waals surface area contributed by atoms with E-state index in [0.717, 1.165) is 6.42 Å². The van der Waals surface area contributed by atoms with Crippen molar-refractivity contribution in [3.05, 3.63) is 59.8 Å². The molecule has 0 N–H and O–H groups in total. The van der Waals surface area contributed by atoms with Gasteiger partial charge < -0.3 is 0 Å². The van der Waals surface area contributed by atoms with Crippen LogP contribution in [0, 0.1) is 0 Å². The highest BCUT2D eigenvalue weighted by Crippen LogP contribution is 2.21. The third-order valence-corrected chi connectivity index (χ3v) is 1.88. The quantitative estimate of drug-likeness (QED) is 0.528. The van der Waals surface area contributed by atoms with Crippen molar-refractivity contribution in [3.8, 4) is 0 Å². The molecule has 0 aromatic carbocycles. The van der Waals surface area contributed by atoms with Crippen LogP contribution in [0.5, 0.6) is 0 Å². The summed E-state index contributed by atoms with van der Waals surface area (Å²) in [5, 5.41) is 0. The Balaban J connectivity index is 2.19. The van der Waals surface area contributed by atoms with Crippen LogP contribution < -0.4 is 0 Å². The van der Waals surface area contributed by atoms with Crippen LogP contribution in [0.3, 0.4) is 0 Å². The maximum atomic E-state index is 2.25. The second-order valence-electron chi connectivity index (χ2n) is 2.66. The fraction of sp³-hybridized carbons (Fsp3) is 0.0909. The molecule has 0 atom stereocenters. The fourth-order valence-electron chi connectivity index (χ4n) is 1.18. The Morgan fingerprint density at radius 1 is 0.909 bits per heavy atom. The van der Waals surface area contributed by atoms with Crippen LogP contribution in [-0.2, 0) is 0 Å². The number of hydrogen-bond donors (Lipinski definition) is 0. The third-order valence-electron chi connectivity index (χ3n) is 1.88. The summed E-state index contributed by atoms with van der Waals surface area (Å²) < 4.78 is 0. The Morgan fingerprint density at radius 2 is 1.73 bits per heavy atom. The molecule has 0 aliphatic heterocycles. The third kappa shape index (κ3) is 1.25. The van der Waals surface area contributed by atoms with Gasteiger partial charge in [-0.2, -0.15) is 0 Å². The summed E-state index contributed by atoms with van der Waals surface area (Å²) in [6.45, 7) is 0. The van der Waals surface area contributed by atoms with Crippen LogP contribution in [0.1, 0.15) is 6.42 Å². The largest absolute Gasteiger partial charge is 0.0807 e. The van der Waals surface area contributed by atoms with Gasteiger partial charge in [-0.1, -0.05) is 48.6 Å². The normalized spacial score (nSPS) is 20.4. The molecule has 0 aromatic rings. The molecular formula is C11H10. The standard InChI is InChI=1S/C11H10/c1-2-4-7-10(6-3-1)11-8-5-9-11/h1-3,5-9H,4H2. The Morgan fingerprint density at radius 3 is 2.45 bits per heavy atom. The van der Waals surface area contributed by atoms with Crippen LogP contribution in [0.15, 0.2) is 59.8 Å². The summed E-state index contributed by atoms with van der Waals surface area (Å²) in [4.78, 5) is 0. The molecule has 11 heavy (non-hydrogen) atoms. The van der Waals surface area contributed by atoms with E-state index in [9.17, 15) is 0 Å². The molecule has 0 amide bonds. The molecule has 2 rings (SSSR count). The van der Waals surface area contributed by atoms with Crippen molar-refractivity contribution in [2.24, 2.45) is 0 Å². The average molecular weight is 142 g/mol. The van der Waals surface area contributed by atoms with E-state index in [4.69, 9.17) is 0 Å². The van der Waals surface area contributed by atoms with Gasteiger partial charge in [0.2, 0.25) is 0 Å². The summed E-state index contributed by atoms with van der Waals surface area (Å²) in [5.74, 6) is 0. The lowest BCUT2D eigenvalue weighted by Crippen LogP contribution is -1.87. The number of rotatable bonds is 1. The number of hydrogen-bond acceptors (Lipinski definition) is 0. The van der Waals surface area contributed by atoms with E-state index in [0.29, 0.717) is 0 Å². The Hall–Kier alpha value is -1.30. The van der Waals surface area contributed by atoms with Gasteiger partial charge >= 0.3 is 0 Å². The number of allylic oxidation sites excluding steroid dienone is 10. The van der Waals surface area contributed by atoms with Gasteiger partial charge in [-0.15, -0.1) is 0 Å². The van der Waals surface area contributed by atoms with Crippen molar-refractivity contribution in [1.82, 2.24) is 0 Å². The molecule has 0 spiro atoms. The highest BCUT2D eigenvalue weighted by atomic mass is 14.1. The van der Waals surface area contributed by atoms with E-state index in [1.165, 1.54) is 11.1 Å². The van der Waals surface area contributed by atoms with Gasteiger partial charge in [0.05, 0.1) is 0 Å². The molecule has 0 saturated carbocycles. The SMILES string of the molecule is C1=CCC=C(C2=CC=C2)C=C1. The van der Waals surface area contributed by atoms with Gasteiger partial charge in [0.1, 0.15) is 0 Å². The van der Waals surface area contributed by atoms with Crippen LogP contribution in [-0.4, -0.2) is 0 Å². The first-order valence-corrected chi connectivity index (χ1v) is 3.89. The predicted octanol–water partition coefficient (Wildman–Crippen LogP) is 2.93. The minimum absolute atomic E-state index is 1.05. The minimum atomic E-state index is 1.05. The van der Waals surface area contributed by atoms with Crippen LogP contribution >= 0.6 is 0 Å². The van der Waals surface area contributed by atoms with Crippen molar-refractivity contribution in [2.75, 3.05) is 0 Å². The average Bonchev–Trinajstić information content (AvgIpc) is 2.12. The van der Waals surface area contributed by atoms with E-state index in [-0.39, 0.29) is 0 Å². The first kappa shape index (κ1) is 6.41. The topological polar surface area (TPSA) is 0 Å². The van der Waals surface area contributed by atoms with Crippen LogP contribution in [0.25, 0.3) is 0 Å². The molecule has 0 radical (unpaired) electrons. The van der Waals surface area contributed by atoms with E-state index in [1.54, 1.807) is 0 Å². The van der Waals surface area contributed by atoms with E-state index in [1.807, 2.05) is 0 Å². The summed E-state index contributed by atoms with van der Waals surface area (Å²) in [5.41, 5.74) is 2.70. The van der Waals surface area contributed by atoms with Crippen molar-refractivity contribution < 1.29 is 0 Å². The molecule has 0 fully saturated rings. The summed E-state index contributed by atoms with van der Waals surface area (Å²) in [6, 6.07) is 0. The monoisotopic (exact) mass is 142 g/mol. The zero-order chi connectivity index (χ0) is 7.52. The first-order chi connectivity index (χ1) is 5.47. The zero-order valence-corrected chi connectivity index (χ0v) is 6.33. The fourth-order valence-corrected chi connectivity index (χ4v) is 1.18. The van der Waals surface area contributed by atoms with Crippen molar-refractivity contribution >= 4 is 0 Å². The highest BCUT2D eigenvalue weighted by molar-refractivity contribution is 5.54. The molecule has 0 nitrogen and oxygen atoms in total. The molecule has 0 aromatic heterocycles. The molecular weight excluding hydrogens is 132 g/mol. The van der Waals surface area contributed by atoms with Crippen molar-refractivity contribution in [3.63, 3.8) is 0 Å². The summed E-state index contributed by atoms with van der Waals surface area (Å²) >= 11 is 0. The van der Waals surface area contributed by atoms with Gasteiger partial charge in [-0.3, -0.25) is 0 Å². The minimum Gasteiger partial charge on any atom is -0.0807 e. The van der Waals surface area contributed by atoms with Gasteiger partial charge in [0.15, 0.2) is 0 Å². The second-order valence-corrected chi connectivity index (χ2v) is 2.66. The lowest BCUT2D eigenvalue weighted by Gasteiger charge is -2.06. The molecule has 0 saturated heterocycles. The molecule has 0 unspecified atom stereocenters. The first-order valence-electron chi connectivity index (χ1n) is 3.89. The van der Waals surface area contributed by atoms with E-state index < -0.39 is 0 Å². The Bertz CT molecular complexity index is 296. The highest BCUT2D eigenvalue weighted by Gasteiger charge is 2.01. The van der Waals surface area contributed by atoms with Crippen LogP contribution in [0.2, 0.25) is 0 Å². The van der Waals surface area contributed by atoms with Crippen LogP contribution in [0.4, 0.5) is 0 Å². The van der Waals surface area contributed by atoms with Crippen molar-refractivity contribution in [1.29, 1.82) is 0 Å². The molecule has 0 bridgehead atoms. The predicted molar refractivity (Wildman–Crippen MR) is 48.2 cm³/mol. The molecule has 0 heteroatoms. The Kier molecular flexibility index (Phi) is 1.60. The second kappa shape index (κ2) is 2.75. The zero-order valence-electron chi connectivity index (χ0n) is 6.33.